The van der Waals surface area contributed by atoms with Gasteiger partial charge in [-0.1, -0.05) is 17.7 Å². The molecule has 0 saturated heterocycles. The van der Waals surface area contributed by atoms with Crippen molar-refractivity contribution in [2.24, 2.45) is 0 Å². The van der Waals surface area contributed by atoms with E-state index in [9.17, 15) is 13.2 Å². The third kappa shape index (κ3) is 6.36. The summed E-state index contributed by atoms with van der Waals surface area (Å²) in [6, 6.07) is 9.77. The van der Waals surface area contributed by atoms with Gasteiger partial charge in [0.05, 0.1) is 21.3 Å². The highest BCUT2D eigenvalue weighted by Gasteiger charge is 2.28. The fraction of sp³-hybridized carbons (Fsp3) is 0.286. The number of hydrogen-bond donors (Lipinski definition) is 0. The van der Waals surface area contributed by atoms with Crippen molar-refractivity contribution in [2.75, 3.05) is 41.5 Å². The van der Waals surface area contributed by atoms with E-state index in [4.69, 9.17) is 25.8 Å². The average molecular weight is 470 g/mol. The molecule has 0 bridgehead atoms. The zero-order valence-electron chi connectivity index (χ0n) is 17.6. The Hall–Kier alpha value is -2.75. The number of halogens is 1. The average Bonchev–Trinajstić information content (AvgIpc) is 2.76. The Bertz CT molecular complexity index is 1050. The first-order valence-corrected chi connectivity index (χ1v) is 10.9. The molecule has 2 rings (SSSR count). The number of rotatable bonds is 10. The van der Waals surface area contributed by atoms with Crippen molar-refractivity contribution in [3.05, 3.63) is 53.1 Å². The zero-order chi connectivity index (χ0) is 23.0. The van der Waals surface area contributed by atoms with Crippen LogP contribution in [0.5, 0.6) is 17.2 Å². The van der Waals surface area contributed by atoms with Crippen LogP contribution in [0.2, 0.25) is 5.02 Å². The van der Waals surface area contributed by atoms with Gasteiger partial charge in [-0.3, -0.25) is 0 Å². The Balaban J connectivity index is 2.29. The molecule has 2 aromatic rings. The minimum absolute atomic E-state index is 0.0559. The van der Waals surface area contributed by atoms with Crippen LogP contribution in [0.4, 0.5) is 0 Å². The van der Waals surface area contributed by atoms with Crippen molar-refractivity contribution in [3.63, 3.8) is 0 Å². The van der Waals surface area contributed by atoms with Crippen molar-refractivity contribution >= 4 is 33.7 Å². The molecule has 31 heavy (non-hydrogen) atoms. The van der Waals surface area contributed by atoms with Crippen molar-refractivity contribution in [2.45, 2.75) is 4.90 Å². The molecule has 0 saturated carbocycles. The van der Waals surface area contributed by atoms with Crippen molar-refractivity contribution in [1.29, 1.82) is 0 Å². The maximum absolute atomic E-state index is 13.2. The second-order valence-electron chi connectivity index (χ2n) is 6.24. The van der Waals surface area contributed by atoms with Gasteiger partial charge in [-0.05, 0) is 42.0 Å². The molecule has 0 N–H and O–H groups in total. The summed E-state index contributed by atoms with van der Waals surface area (Å²) in [7, 11) is 1.45. The Labute approximate surface area is 187 Å². The summed E-state index contributed by atoms with van der Waals surface area (Å²) >= 11 is 5.92. The van der Waals surface area contributed by atoms with Crippen molar-refractivity contribution in [1.82, 2.24) is 4.31 Å². The molecule has 0 unspecified atom stereocenters. The van der Waals surface area contributed by atoms with Gasteiger partial charge in [0.1, 0.15) is 17.3 Å². The Kier molecular flexibility index (Phi) is 8.73. The summed E-state index contributed by atoms with van der Waals surface area (Å²) in [5, 5.41) is 0.520. The summed E-state index contributed by atoms with van der Waals surface area (Å²) in [5.41, 5.74) is 0.421. The molecule has 0 heterocycles. The van der Waals surface area contributed by atoms with Crippen molar-refractivity contribution < 1.29 is 32.2 Å². The van der Waals surface area contributed by atoms with Crippen LogP contribution >= 0.6 is 11.6 Å². The van der Waals surface area contributed by atoms with E-state index in [0.717, 1.165) is 4.31 Å². The largest absolute Gasteiger partial charge is 0.493 e. The lowest BCUT2D eigenvalue weighted by atomic mass is 10.2. The molecule has 2 aromatic carbocycles. The molecule has 0 fully saturated rings. The smallest absolute Gasteiger partial charge is 0.330 e. The number of likely N-dealkylation sites (N-methyl/N-ethyl adjacent to an activating group) is 1. The molecular weight excluding hydrogens is 446 g/mol. The van der Waals surface area contributed by atoms with Crippen LogP contribution in [-0.4, -0.2) is 60.2 Å². The fourth-order valence-corrected chi connectivity index (χ4v) is 4.14. The third-order valence-corrected chi connectivity index (χ3v) is 6.34. The molecule has 10 heteroatoms. The SMILES string of the molecule is COC(=O)/C=C/c1cc(OC)c(OC)c(S(=O)(=O)N(C)CCOc2cccc(Cl)c2)c1. The van der Waals surface area contributed by atoms with E-state index in [1.54, 1.807) is 30.3 Å². The minimum atomic E-state index is -3.97. The highest BCUT2D eigenvalue weighted by Crippen LogP contribution is 2.37. The van der Waals surface area contributed by atoms with Gasteiger partial charge in [0.15, 0.2) is 11.5 Å². The molecule has 0 amide bonds. The number of sulfonamides is 1. The number of hydrogen-bond acceptors (Lipinski definition) is 7. The summed E-state index contributed by atoms with van der Waals surface area (Å²) in [5.74, 6) is 0.221. The molecule has 0 radical (unpaired) electrons. The number of ether oxygens (including phenoxy) is 4. The monoisotopic (exact) mass is 469 g/mol. The van der Waals surface area contributed by atoms with Gasteiger partial charge >= 0.3 is 5.97 Å². The molecule has 0 atom stereocenters. The first kappa shape index (κ1) is 24.5. The van der Waals surface area contributed by atoms with Crippen LogP contribution in [-0.2, 0) is 19.6 Å². The van der Waals surface area contributed by atoms with E-state index in [-0.39, 0.29) is 29.5 Å². The van der Waals surface area contributed by atoms with Gasteiger partial charge in [-0.15, -0.1) is 0 Å². The van der Waals surface area contributed by atoms with E-state index in [0.29, 0.717) is 16.3 Å². The summed E-state index contributed by atoms with van der Waals surface area (Å²) in [4.78, 5) is 11.3. The maximum atomic E-state index is 13.2. The van der Waals surface area contributed by atoms with Crippen LogP contribution < -0.4 is 14.2 Å². The first-order valence-electron chi connectivity index (χ1n) is 9.09. The lowest BCUT2D eigenvalue weighted by Crippen LogP contribution is -2.31. The van der Waals surface area contributed by atoms with Crippen LogP contribution in [0.1, 0.15) is 5.56 Å². The van der Waals surface area contributed by atoms with Crippen LogP contribution in [0.25, 0.3) is 6.08 Å². The van der Waals surface area contributed by atoms with E-state index < -0.39 is 16.0 Å². The molecule has 168 valence electrons. The molecule has 0 aromatic heterocycles. The quantitative estimate of drug-likeness (QED) is 0.389. The Morgan fingerprint density at radius 1 is 1.13 bits per heavy atom. The predicted octanol–water partition coefficient (Wildman–Crippen LogP) is 3.24. The van der Waals surface area contributed by atoms with Gasteiger partial charge in [-0.2, -0.15) is 4.31 Å². The molecule has 0 aliphatic heterocycles. The number of esters is 1. The van der Waals surface area contributed by atoms with Crippen LogP contribution in [0, 0.1) is 0 Å². The number of carbonyl (C=O) groups is 1. The lowest BCUT2D eigenvalue weighted by Gasteiger charge is -2.20. The van der Waals surface area contributed by atoms with Gasteiger partial charge in [0.2, 0.25) is 10.0 Å². The van der Waals surface area contributed by atoms with E-state index in [1.165, 1.54) is 46.6 Å². The summed E-state index contributed by atoms with van der Waals surface area (Å²) < 4.78 is 48.3. The molecule has 0 aliphatic carbocycles. The van der Waals surface area contributed by atoms with E-state index >= 15 is 0 Å². The minimum Gasteiger partial charge on any atom is -0.493 e. The number of carbonyl (C=O) groups excluding carboxylic acids is 1. The van der Waals surface area contributed by atoms with Gasteiger partial charge in [0.25, 0.3) is 0 Å². The normalized spacial score (nSPS) is 11.5. The zero-order valence-corrected chi connectivity index (χ0v) is 19.2. The number of benzene rings is 2. The third-order valence-electron chi connectivity index (χ3n) is 4.24. The Morgan fingerprint density at radius 3 is 2.48 bits per heavy atom. The van der Waals surface area contributed by atoms with Crippen molar-refractivity contribution in [3.8, 4) is 17.2 Å². The highest BCUT2D eigenvalue weighted by molar-refractivity contribution is 7.89. The van der Waals surface area contributed by atoms with Crippen LogP contribution in [0.15, 0.2) is 47.4 Å². The molecular formula is C21H24ClNO7S. The lowest BCUT2D eigenvalue weighted by molar-refractivity contribution is -0.134. The molecule has 0 spiro atoms. The van der Waals surface area contributed by atoms with E-state index in [2.05, 4.69) is 4.74 Å². The van der Waals surface area contributed by atoms with Gasteiger partial charge in [-0.25, -0.2) is 13.2 Å². The Morgan fingerprint density at radius 2 is 1.87 bits per heavy atom. The van der Waals surface area contributed by atoms with Crippen LogP contribution in [0.3, 0.4) is 0 Å². The number of nitrogens with zero attached hydrogens (tertiary/aromatic N) is 1. The second-order valence-corrected chi connectivity index (χ2v) is 8.69. The topological polar surface area (TPSA) is 91.4 Å². The van der Waals surface area contributed by atoms with E-state index in [1.807, 2.05) is 0 Å². The fourth-order valence-electron chi connectivity index (χ4n) is 2.61. The highest BCUT2D eigenvalue weighted by atomic mass is 35.5. The number of methoxy groups -OCH3 is 3. The predicted molar refractivity (Wildman–Crippen MR) is 117 cm³/mol. The first-order chi connectivity index (χ1) is 14.7. The van der Waals surface area contributed by atoms with Gasteiger partial charge in [0, 0.05) is 24.7 Å². The molecule has 0 aliphatic rings. The maximum Gasteiger partial charge on any atom is 0.330 e. The molecule has 8 nitrogen and oxygen atoms in total. The van der Waals surface area contributed by atoms with Gasteiger partial charge < -0.3 is 18.9 Å². The summed E-state index contributed by atoms with van der Waals surface area (Å²) in [6.45, 7) is 0.181. The summed E-state index contributed by atoms with van der Waals surface area (Å²) in [6.07, 6.45) is 2.61. The second kappa shape index (κ2) is 11.0. The standard InChI is InChI=1S/C21H24ClNO7S/c1-23(10-11-30-17-7-5-6-16(22)14-17)31(25,26)19-13-15(8-9-20(24)28-3)12-18(27-2)21(19)29-4/h5-9,12-14H,10-11H2,1-4H3/b9-8+.